The molecule has 2 N–H and O–H groups in total. The lowest BCUT2D eigenvalue weighted by Crippen LogP contribution is -2.43. The zero-order chi connectivity index (χ0) is 18.6. The molecular weight excluding hydrogens is 433 g/mol. The van der Waals surface area contributed by atoms with Gasteiger partial charge in [0.25, 0.3) is 0 Å². The first-order valence-electron chi connectivity index (χ1n) is 10.1. The van der Waals surface area contributed by atoms with E-state index in [1.807, 2.05) is 0 Å². The van der Waals surface area contributed by atoms with Crippen LogP contribution in [0, 0.1) is 11.8 Å². The van der Waals surface area contributed by atoms with Crippen molar-refractivity contribution in [3.8, 4) is 0 Å². The molecule has 26 heavy (non-hydrogen) atoms. The van der Waals surface area contributed by atoms with Gasteiger partial charge < -0.3 is 15.5 Å². The largest absolute Gasteiger partial charge is 0.375 e. The van der Waals surface area contributed by atoms with Crippen molar-refractivity contribution in [3.05, 3.63) is 35.6 Å². The third kappa shape index (κ3) is 5.29. The summed E-state index contributed by atoms with van der Waals surface area (Å²) in [4.78, 5) is 2.41. The molecule has 0 aromatic rings. The van der Waals surface area contributed by atoms with Gasteiger partial charge in [-0.05, 0) is 82.1 Å². The Morgan fingerprint density at radius 1 is 1.35 bits per heavy atom. The molecule has 1 saturated carbocycles. The van der Waals surface area contributed by atoms with Crippen LogP contribution in [0.3, 0.4) is 0 Å². The zero-order valence-corrected chi connectivity index (χ0v) is 19.1. The first kappa shape index (κ1) is 20.3. The van der Waals surface area contributed by atoms with Crippen LogP contribution in [0.5, 0.6) is 0 Å². The Morgan fingerprint density at radius 2 is 2.15 bits per heavy atom. The minimum Gasteiger partial charge on any atom is -0.375 e. The predicted molar refractivity (Wildman–Crippen MR) is 123 cm³/mol. The quantitative estimate of drug-likeness (QED) is 0.165. The van der Waals surface area contributed by atoms with Crippen molar-refractivity contribution in [1.29, 1.82) is 0 Å². The van der Waals surface area contributed by atoms with Gasteiger partial charge in [-0.2, -0.15) is 0 Å². The highest BCUT2D eigenvalue weighted by Crippen LogP contribution is 2.34. The van der Waals surface area contributed by atoms with E-state index in [2.05, 4.69) is 71.8 Å². The van der Waals surface area contributed by atoms with Gasteiger partial charge in [-0.25, -0.2) is 0 Å². The molecule has 1 aliphatic carbocycles. The highest BCUT2D eigenvalue weighted by molar-refractivity contribution is 14.2. The van der Waals surface area contributed by atoms with E-state index in [0.717, 1.165) is 19.0 Å². The van der Waals surface area contributed by atoms with Crippen LogP contribution in [0.2, 0.25) is 0 Å². The fourth-order valence-corrected chi connectivity index (χ4v) is 6.44. The minimum atomic E-state index is 0.154. The highest BCUT2D eigenvalue weighted by atomic mass is 127. The second-order valence-electron chi connectivity index (χ2n) is 8.49. The number of halogens is 1. The standard InChI is InChI=1S/C22H36IN3/c1-17-19-9-7-14-23-21(19)25-20(17)16-24-15-13-22(2,26(3)4)12-6-5-8-18-10-11-18/h5,7-9,14,18-19,21,24-25H,6,10-13,15-16H2,1-4H3/b8-5-. The minimum absolute atomic E-state index is 0.154. The lowest BCUT2D eigenvalue weighted by molar-refractivity contribution is 0.149. The number of hydrogen-bond acceptors (Lipinski definition) is 3. The monoisotopic (exact) mass is 469 g/mol. The van der Waals surface area contributed by atoms with E-state index in [9.17, 15) is 0 Å². The highest BCUT2D eigenvalue weighted by Gasteiger charge is 2.30. The van der Waals surface area contributed by atoms with Crippen molar-refractivity contribution >= 4 is 24.7 Å². The van der Waals surface area contributed by atoms with Crippen molar-refractivity contribution in [2.24, 2.45) is 11.8 Å². The average Bonchev–Trinajstić information content (AvgIpc) is 3.40. The van der Waals surface area contributed by atoms with E-state index in [4.69, 9.17) is 0 Å². The van der Waals surface area contributed by atoms with Gasteiger partial charge in [0.2, 0.25) is 0 Å². The number of fused-ring (bicyclic) bond motifs is 1. The first-order valence-corrected chi connectivity index (χ1v) is 12.6. The van der Waals surface area contributed by atoms with Crippen molar-refractivity contribution in [1.82, 2.24) is 15.5 Å². The Labute approximate surface area is 170 Å². The van der Waals surface area contributed by atoms with Crippen LogP contribution in [-0.2, 0) is 0 Å². The summed E-state index contributed by atoms with van der Waals surface area (Å²) in [6, 6.07) is 0. The van der Waals surface area contributed by atoms with Gasteiger partial charge in [-0.1, -0.05) is 45.0 Å². The molecule has 4 heteroatoms. The Bertz CT molecular complexity index is 601. The van der Waals surface area contributed by atoms with Crippen LogP contribution >= 0.6 is 20.7 Å². The third-order valence-electron chi connectivity index (χ3n) is 6.30. The van der Waals surface area contributed by atoms with Crippen LogP contribution in [0.1, 0.15) is 46.0 Å². The lowest BCUT2D eigenvalue weighted by Gasteiger charge is -2.37. The van der Waals surface area contributed by atoms with Crippen molar-refractivity contribution in [2.45, 2.75) is 55.5 Å². The maximum Gasteiger partial charge on any atom is 0.0831 e. The maximum atomic E-state index is 3.79. The van der Waals surface area contributed by atoms with Crippen molar-refractivity contribution in [3.63, 3.8) is 0 Å². The molecule has 0 aromatic carbocycles. The van der Waals surface area contributed by atoms with Crippen LogP contribution in [0.4, 0.5) is 0 Å². The van der Waals surface area contributed by atoms with Gasteiger partial charge >= 0.3 is 0 Å². The number of alkyl halides is 1. The Morgan fingerprint density at radius 3 is 2.85 bits per heavy atom. The fraction of sp³-hybridized carbons (Fsp3) is 0.682. The summed E-state index contributed by atoms with van der Waals surface area (Å²) in [6.07, 6.45) is 15.9. The van der Waals surface area contributed by atoms with Gasteiger partial charge in [-0.15, -0.1) is 0 Å². The molecule has 1 fully saturated rings. The van der Waals surface area contributed by atoms with Crippen molar-refractivity contribution < 1.29 is 0 Å². The summed E-state index contributed by atoms with van der Waals surface area (Å²) < 4.78 is 3.08. The SMILES string of the molecule is CC1=C(CNCCC(C)(CC/C=C\C2CC2)N(C)C)NC2I=CC=CC12. The molecule has 0 bridgehead atoms. The zero-order valence-electron chi connectivity index (χ0n) is 16.9. The molecule has 3 aliphatic rings. The van der Waals surface area contributed by atoms with E-state index in [-0.39, 0.29) is 26.3 Å². The molecular formula is C22H36IN3. The van der Waals surface area contributed by atoms with Crippen molar-refractivity contribution in [2.75, 3.05) is 27.2 Å². The molecule has 3 rings (SSSR count). The van der Waals surface area contributed by atoms with Gasteiger partial charge in [0.1, 0.15) is 0 Å². The number of rotatable bonds is 10. The molecule has 2 heterocycles. The summed E-state index contributed by atoms with van der Waals surface area (Å²) in [5.74, 6) is 1.55. The van der Waals surface area contributed by atoms with E-state index in [0.29, 0.717) is 9.97 Å². The predicted octanol–water partition coefficient (Wildman–Crippen LogP) is 4.20. The third-order valence-corrected chi connectivity index (χ3v) is 9.00. The Hall–Kier alpha value is -0.460. The van der Waals surface area contributed by atoms with E-state index in [1.165, 1.54) is 37.8 Å². The van der Waals surface area contributed by atoms with E-state index in [1.54, 1.807) is 5.57 Å². The van der Waals surface area contributed by atoms with Gasteiger partial charge in [0.15, 0.2) is 0 Å². The fourth-order valence-electron chi connectivity index (χ4n) is 3.73. The second kappa shape index (κ2) is 9.16. The van der Waals surface area contributed by atoms with Gasteiger partial charge in [0.05, 0.1) is 4.05 Å². The molecule has 0 aromatic heterocycles. The Balaban J connectivity index is 1.42. The summed E-state index contributed by atoms with van der Waals surface area (Å²) in [5, 5.41) is 7.49. The Kier molecular flexibility index (Phi) is 7.14. The molecule has 0 radical (unpaired) electrons. The molecule has 0 spiro atoms. The van der Waals surface area contributed by atoms with Crippen LogP contribution in [0.25, 0.3) is 0 Å². The summed E-state index contributed by atoms with van der Waals surface area (Å²) in [5.41, 5.74) is 3.26. The molecule has 0 saturated heterocycles. The lowest BCUT2D eigenvalue weighted by atomic mass is 9.90. The summed E-state index contributed by atoms with van der Waals surface area (Å²) in [7, 11) is 4.46. The topological polar surface area (TPSA) is 27.3 Å². The molecule has 2 aliphatic heterocycles. The summed E-state index contributed by atoms with van der Waals surface area (Å²) >= 11 is 0.154. The number of allylic oxidation sites excluding steroid dienone is 3. The smallest absolute Gasteiger partial charge is 0.0831 e. The molecule has 3 unspecified atom stereocenters. The molecule has 3 nitrogen and oxygen atoms in total. The summed E-state index contributed by atoms with van der Waals surface area (Å²) in [6.45, 7) is 6.79. The first-order chi connectivity index (χ1) is 12.5. The van der Waals surface area contributed by atoms with Gasteiger partial charge in [-0.3, -0.25) is 0 Å². The van der Waals surface area contributed by atoms with E-state index < -0.39 is 0 Å². The van der Waals surface area contributed by atoms with Crippen LogP contribution in [0.15, 0.2) is 35.6 Å². The number of hydrogen-bond donors (Lipinski definition) is 2. The van der Waals surface area contributed by atoms with Crippen LogP contribution < -0.4 is 10.6 Å². The molecule has 0 amide bonds. The van der Waals surface area contributed by atoms with E-state index >= 15 is 0 Å². The molecule has 3 atom stereocenters. The second-order valence-corrected chi connectivity index (χ2v) is 11.3. The van der Waals surface area contributed by atoms with Gasteiger partial charge in [0, 0.05) is 23.7 Å². The number of nitrogens with zero attached hydrogens (tertiary/aromatic N) is 1. The van der Waals surface area contributed by atoms with Crippen LogP contribution in [-0.4, -0.2) is 45.7 Å². The normalized spacial score (nSPS) is 27.6. The molecule has 146 valence electrons. The maximum absolute atomic E-state index is 3.79. The number of nitrogens with one attached hydrogen (secondary N) is 2. The average molecular weight is 469 g/mol.